The lowest BCUT2D eigenvalue weighted by Gasteiger charge is -2.43. The zero-order chi connectivity index (χ0) is 22.2. The summed E-state index contributed by atoms with van der Waals surface area (Å²) in [5.74, 6) is 1.33. The first-order valence-corrected chi connectivity index (χ1v) is 10.7. The number of hydrogen-bond acceptors (Lipinski definition) is 7. The molecule has 3 aromatic heterocycles. The maximum absolute atomic E-state index is 13.5. The summed E-state index contributed by atoms with van der Waals surface area (Å²) in [4.78, 5) is 28.8. The van der Waals surface area contributed by atoms with E-state index in [1.54, 1.807) is 41.6 Å². The summed E-state index contributed by atoms with van der Waals surface area (Å²) in [6.45, 7) is 1.21. The molecular weight excluding hydrogens is 404 g/mol. The number of nitriles is 1. The van der Waals surface area contributed by atoms with E-state index in [0.717, 1.165) is 24.3 Å². The Kier molecular flexibility index (Phi) is 4.98. The van der Waals surface area contributed by atoms with Gasteiger partial charge in [0.1, 0.15) is 6.07 Å². The van der Waals surface area contributed by atoms with Crippen LogP contribution in [-0.4, -0.2) is 69.8 Å². The minimum Gasteiger partial charge on any atom is -0.374 e. The van der Waals surface area contributed by atoms with Crippen LogP contribution in [0.25, 0.3) is 5.82 Å². The molecule has 9 heteroatoms. The van der Waals surface area contributed by atoms with Crippen molar-refractivity contribution in [2.75, 3.05) is 37.0 Å². The van der Waals surface area contributed by atoms with Crippen LogP contribution in [0.3, 0.4) is 0 Å². The van der Waals surface area contributed by atoms with E-state index in [0.29, 0.717) is 30.0 Å². The average molecular weight is 429 g/mol. The predicted molar refractivity (Wildman–Crippen MR) is 120 cm³/mol. The van der Waals surface area contributed by atoms with E-state index in [-0.39, 0.29) is 18.0 Å². The molecule has 0 radical (unpaired) electrons. The number of fused-ring (bicyclic) bond motifs is 2. The molecule has 5 heterocycles. The molecule has 0 aromatic carbocycles. The summed E-state index contributed by atoms with van der Waals surface area (Å²) in [6.07, 6.45) is 8.80. The van der Waals surface area contributed by atoms with E-state index in [1.807, 2.05) is 36.0 Å². The fraction of sp³-hybridized carbons (Fsp3) is 0.348. The summed E-state index contributed by atoms with van der Waals surface area (Å²) in [7, 11) is 3.87. The van der Waals surface area contributed by atoms with Crippen LogP contribution < -0.4 is 9.80 Å². The minimum atomic E-state index is -0.0354. The second kappa shape index (κ2) is 7.96. The van der Waals surface area contributed by atoms with Crippen molar-refractivity contribution in [3.63, 3.8) is 0 Å². The Morgan fingerprint density at radius 3 is 2.47 bits per heavy atom. The highest BCUT2D eigenvalue weighted by atomic mass is 16.2. The SMILES string of the molecule is CN(C)c1c(C#N)ccnc1N1C2CCC1CN(C(=O)c1cccnc1-n1cccn1)C2. The van der Waals surface area contributed by atoms with Crippen molar-refractivity contribution in [1.29, 1.82) is 5.26 Å². The van der Waals surface area contributed by atoms with Gasteiger partial charge in [-0.25, -0.2) is 14.6 Å². The molecule has 0 saturated carbocycles. The topological polar surface area (TPSA) is 94.2 Å². The Balaban J connectivity index is 1.44. The fourth-order valence-electron chi connectivity index (χ4n) is 4.89. The number of aromatic nitrogens is 4. The van der Waals surface area contributed by atoms with Gasteiger partial charge < -0.3 is 14.7 Å². The number of anilines is 2. The first kappa shape index (κ1) is 20.0. The summed E-state index contributed by atoms with van der Waals surface area (Å²) >= 11 is 0. The second-order valence-corrected chi connectivity index (χ2v) is 8.36. The van der Waals surface area contributed by atoms with Crippen LogP contribution in [-0.2, 0) is 0 Å². The number of carbonyl (C=O) groups excluding carboxylic acids is 1. The Bertz CT molecular complexity index is 1170. The van der Waals surface area contributed by atoms with Crippen LogP contribution in [0.4, 0.5) is 11.5 Å². The highest BCUT2D eigenvalue weighted by Crippen LogP contribution is 2.39. The van der Waals surface area contributed by atoms with Crippen molar-refractivity contribution in [3.05, 3.63) is 60.2 Å². The molecule has 2 bridgehead atoms. The third-order valence-electron chi connectivity index (χ3n) is 6.23. The third-order valence-corrected chi connectivity index (χ3v) is 6.23. The average Bonchev–Trinajstić information content (AvgIpc) is 3.44. The van der Waals surface area contributed by atoms with Crippen LogP contribution in [0, 0.1) is 11.3 Å². The Labute approximate surface area is 186 Å². The molecule has 9 nitrogen and oxygen atoms in total. The Hall–Kier alpha value is -3.93. The summed E-state index contributed by atoms with van der Waals surface area (Å²) < 4.78 is 1.62. The molecule has 2 saturated heterocycles. The van der Waals surface area contributed by atoms with Gasteiger partial charge in [0.25, 0.3) is 5.91 Å². The molecule has 0 spiro atoms. The van der Waals surface area contributed by atoms with Crippen LogP contribution in [0.15, 0.2) is 49.1 Å². The van der Waals surface area contributed by atoms with Crippen molar-refractivity contribution >= 4 is 17.4 Å². The van der Waals surface area contributed by atoms with Gasteiger partial charge in [-0.15, -0.1) is 0 Å². The molecule has 2 fully saturated rings. The largest absolute Gasteiger partial charge is 0.374 e. The highest BCUT2D eigenvalue weighted by molar-refractivity contribution is 5.97. The Morgan fingerprint density at radius 1 is 1.06 bits per heavy atom. The summed E-state index contributed by atoms with van der Waals surface area (Å²) in [5.41, 5.74) is 1.99. The quantitative estimate of drug-likeness (QED) is 0.628. The molecule has 1 amide bonds. The van der Waals surface area contributed by atoms with Crippen molar-refractivity contribution in [2.45, 2.75) is 24.9 Å². The van der Waals surface area contributed by atoms with E-state index < -0.39 is 0 Å². The highest BCUT2D eigenvalue weighted by Gasteiger charge is 2.43. The van der Waals surface area contributed by atoms with Gasteiger partial charge in [-0.2, -0.15) is 10.4 Å². The van der Waals surface area contributed by atoms with Crippen molar-refractivity contribution in [1.82, 2.24) is 24.6 Å². The first-order chi connectivity index (χ1) is 15.6. The molecule has 5 rings (SSSR count). The lowest BCUT2D eigenvalue weighted by molar-refractivity contribution is 0.0717. The van der Waals surface area contributed by atoms with Gasteiger partial charge in [-0.05, 0) is 37.1 Å². The number of rotatable bonds is 4. The van der Waals surface area contributed by atoms with E-state index >= 15 is 0 Å². The molecule has 2 atom stereocenters. The van der Waals surface area contributed by atoms with Crippen molar-refractivity contribution in [2.24, 2.45) is 0 Å². The molecule has 2 aliphatic heterocycles. The van der Waals surface area contributed by atoms with E-state index in [4.69, 9.17) is 0 Å². The summed E-state index contributed by atoms with van der Waals surface area (Å²) in [5, 5.41) is 13.8. The smallest absolute Gasteiger partial charge is 0.257 e. The maximum atomic E-state index is 13.5. The van der Waals surface area contributed by atoms with E-state index in [9.17, 15) is 10.1 Å². The van der Waals surface area contributed by atoms with Gasteiger partial charge in [-0.3, -0.25) is 4.79 Å². The number of piperazine rings is 1. The van der Waals surface area contributed by atoms with Crippen LogP contribution in [0.1, 0.15) is 28.8 Å². The van der Waals surface area contributed by atoms with Crippen LogP contribution >= 0.6 is 0 Å². The van der Waals surface area contributed by atoms with E-state index in [2.05, 4.69) is 26.0 Å². The lowest BCUT2D eigenvalue weighted by atomic mass is 10.1. The second-order valence-electron chi connectivity index (χ2n) is 8.36. The number of pyridine rings is 2. The molecule has 0 aliphatic carbocycles. The standard InChI is InChI=1S/C23H24N8O/c1-28(2)20-16(13-24)8-11-26-22(20)31-17-6-7-18(31)15-29(14-17)23(32)19-5-3-9-25-21(19)30-12-4-10-27-30/h3-5,8-12,17-18H,6-7,14-15H2,1-2H3. The molecule has 32 heavy (non-hydrogen) atoms. The molecule has 2 aliphatic rings. The number of carbonyl (C=O) groups is 1. The van der Waals surface area contributed by atoms with Gasteiger partial charge in [0.2, 0.25) is 0 Å². The third kappa shape index (κ3) is 3.24. The van der Waals surface area contributed by atoms with Crippen molar-refractivity contribution < 1.29 is 4.79 Å². The van der Waals surface area contributed by atoms with Gasteiger partial charge in [-0.1, -0.05) is 0 Å². The zero-order valence-electron chi connectivity index (χ0n) is 18.1. The number of amides is 1. The number of hydrogen-bond donors (Lipinski definition) is 0. The lowest BCUT2D eigenvalue weighted by Crippen LogP contribution is -2.56. The first-order valence-electron chi connectivity index (χ1n) is 10.7. The number of nitrogens with zero attached hydrogens (tertiary/aromatic N) is 8. The molecule has 2 unspecified atom stereocenters. The predicted octanol–water partition coefficient (Wildman–Crippen LogP) is 2.09. The van der Waals surface area contributed by atoms with Gasteiger partial charge in [0, 0.05) is 64.1 Å². The maximum Gasteiger partial charge on any atom is 0.257 e. The molecular formula is C23H24N8O. The fourth-order valence-corrected chi connectivity index (χ4v) is 4.89. The van der Waals surface area contributed by atoms with E-state index in [1.165, 1.54) is 0 Å². The van der Waals surface area contributed by atoms with Gasteiger partial charge in [0.05, 0.1) is 16.8 Å². The monoisotopic (exact) mass is 428 g/mol. The minimum absolute atomic E-state index is 0.0354. The normalized spacial score (nSPS) is 19.7. The summed E-state index contributed by atoms with van der Waals surface area (Å²) in [6, 6.07) is 9.75. The van der Waals surface area contributed by atoms with Crippen LogP contribution in [0.5, 0.6) is 0 Å². The van der Waals surface area contributed by atoms with Crippen LogP contribution in [0.2, 0.25) is 0 Å². The molecule has 3 aromatic rings. The molecule has 162 valence electrons. The number of likely N-dealkylation sites (tertiary alicyclic amines) is 1. The zero-order valence-corrected chi connectivity index (χ0v) is 18.1. The van der Waals surface area contributed by atoms with Crippen molar-refractivity contribution in [3.8, 4) is 11.9 Å². The van der Waals surface area contributed by atoms with Gasteiger partial charge in [0.15, 0.2) is 11.6 Å². The molecule has 0 N–H and O–H groups in total. The van der Waals surface area contributed by atoms with Gasteiger partial charge >= 0.3 is 0 Å². The Morgan fingerprint density at radius 2 is 1.81 bits per heavy atom.